The molecule has 48 heavy (non-hydrogen) atoms. The van der Waals surface area contributed by atoms with Crippen molar-refractivity contribution in [3.05, 3.63) is 0 Å². The fourth-order valence-electron chi connectivity index (χ4n) is 4.40. The van der Waals surface area contributed by atoms with Gasteiger partial charge in [-0.05, 0) is 12.8 Å². The molecule has 1 atom stereocenters. The second kappa shape index (κ2) is 30.4. The molecule has 1 unspecified atom stereocenters. The van der Waals surface area contributed by atoms with Crippen LogP contribution in [-0.2, 0) is 42.9 Å². The summed E-state index contributed by atoms with van der Waals surface area (Å²) in [5, 5.41) is 17.3. The lowest BCUT2D eigenvalue weighted by Gasteiger charge is -2.16. The lowest BCUT2D eigenvalue weighted by atomic mass is 9.91. The van der Waals surface area contributed by atoms with E-state index in [9.17, 15) is 29.1 Å². The second-order valence-corrected chi connectivity index (χ2v) is 13.0. The zero-order valence-electron chi connectivity index (χ0n) is 30.2. The molecule has 0 fully saturated rings. The van der Waals surface area contributed by atoms with Crippen LogP contribution in [0.1, 0.15) is 118 Å². The van der Waals surface area contributed by atoms with Gasteiger partial charge in [-0.2, -0.15) is 0 Å². The summed E-state index contributed by atoms with van der Waals surface area (Å²) in [5.74, 6) is -2.05. The predicted octanol–water partition coefficient (Wildman–Crippen LogP) is 3.95. The summed E-state index contributed by atoms with van der Waals surface area (Å²) in [6.07, 6.45) is 13.2. The van der Waals surface area contributed by atoms with Crippen LogP contribution in [0.25, 0.3) is 0 Å². The molecular weight excluding hydrogens is 622 g/mol. The van der Waals surface area contributed by atoms with Crippen molar-refractivity contribution in [2.75, 3.05) is 65.9 Å². The summed E-state index contributed by atoms with van der Waals surface area (Å²) in [7, 11) is 0. The lowest BCUT2D eigenvalue weighted by Crippen LogP contribution is -2.41. The zero-order valence-corrected chi connectivity index (χ0v) is 30.2. The molecule has 0 saturated heterocycles. The number of carbonyl (C=O) groups excluding carboxylic acids is 4. The van der Waals surface area contributed by atoms with E-state index in [-0.39, 0.29) is 82.3 Å². The van der Waals surface area contributed by atoms with Crippen molar-refractivity contribution in [1.29, 1.82) is 0 Å². The summed E-state index contributed by atoms with van der Waals surface area (Å²) in [4.78, 5) is 59.4. The van der Waals surface area contributed by atoms with E-state index >= 15 is 0 Å². The van der Waals surface area contributed by atoms with E-state index in [0.29, 0.717) is 26.4 Å². The molecule has 280 valence electrons. The third kappa shape index (κ3) is 29.5. The van der Waals surface area contributed by atoms with Crippen LogP contribution in [0.15, 0.2) is 0 Å². The number of hydrogen-bond donors (Lipinski definition) is 4. The summed E-state index contributed by atoms with van der Waals surface area (Å²) < 4.78 is 21.3. The Labute approximate surface area is 288 Å². The van der Waals surface area contributed by atoms with Crippen LogP contribution >= 0.6 is 0 Å². The van der Waals surface area contributed by atoms with Crippen molar-refractivity contribution >= 4 is 29.5 Å². The van der Waals surface area contributed by atoms with Crippen molar-refractivity contribution < 1.29 is 48.0 Å². The molecule has 0 aromatic heterocycles. The van der Waals surface area contributed by atoms with Gasteiger partial charge in [-0.3, -0.25) is 19.2 Å². The molecule has 4 N–H and O–H groups in total. The summed E-state index contributed by atoms with van der Waals surface area (Å²) in [5.41, 5.74) is -0.429. The molecule has 0 bridgehead atoms. The highest BCUT2D eigenvalue weighted by Gasteiger charge is 2.21. The van der Waals surface area contributed by atoms with Crippen LogP contribution in [0.3, 0.4) is 0 Å². The van der Waals surface area contributed by atoms with Gasteiger partial charge in [-0.15, -0.1) is 0 Å². The number of amides is 3. The third-order valence-electron chi connectivity index (χ3n) is 7.48. The Kier molecular flexibility index (Phi) is 28.8. The smallest absolute Gasteiger partial charge is 0.326 e. The van der Waals surface area contributed by atoms with Crippen LogP contribution in [0.5, 0.6) is 0 Å². The molecule has 0 aromatic carbocycles. The molecule has 0 saturated carbocycles. The van der Waals surface area contributed by atoms with Gasteiger partial charge in [0.15, 0.2) is 5.78 Å². The Morgan fingerprint density at radius 1 is 0.583 bits per heavy atom. The number of aliphatic carboxylic acids is 1. The fourth-order valence-corrected chi connectivity index (χ4v) is 4.40. The Morgan fingerprint density at radius 2 is 1.06 bits per heavy atom. The first-order valence-electron chi connectivity index (χ1n) is 17.9. The number of unbranched alkanes of at least 4 members (excludes halogenated alkanes) is 10. The van der Waals surface area contributed by atoms with E-state index in [1.54, 1.807) is 0 Å². The van der Waals surface area contributed by atoms with Crippen LogP contribution in [-0.4, -0.2) is 107 Å². The molecule has 13 nitrogen and oxygen atoms in total. The van der Waals surface area contributed by atoms with Gasteiger partial charge in [0.25, 0.3) is 0 Å². The highest BCUT2D eigenvalue weighted by atomic mass is 16.5. The van der Waals surface area contributed by atoms with Crippen LogP contribution in [0.2, 0.25) is 0 Å². The first-order valence-corrected chi connectivity index (χ1v) is 17.9. The van der Waals surface area contributed by atoms with Gasteiger partial charge in [0, 0.05) is 31.3 Å². The summed E-state index contributed by atoms with van der Waals surface area (Å²) >= 11 is 0. The number of carboxylic acid groups (broad SMARTS) is 1. The maximum absolute atomic E-state index is 12.2. The number of Topliss-reactive ketones (excluding diaryl/α,β-unsaturated/α-hetero) is 1. The van der Waals surface area contributed by atoms with Crippen LogP contribution < -0.4 is 16.0 Å². The fraction of sp³-hybridized carbons (Fsp3) is 0.857. The molecule has 3 amide bonds. The third-order valence-corrected chi connectivity index (χ3v) is 7.48. The van der Waals surface area contributed by atoms with Crippen molar-refractivity contribution in [2.45, 2.75) is 124 Å². The average molecular weight is 688 g/mol. The Hall–Kier alpha value is -2.61. The van der Waals surface area contributed by atoms with Crippen molar-refractivity contribution in [3.63, 3.8) is 0 Å². The van der Waals surface area contributed by atoms with Crippen molar-refractivity contribution in [2.24, 2.45) is 5.41 Å². The Morgan fingerprint density at radius 3 is 1.58 bits per heavy atom. The van der Waals surface area contributed by atoms with E-state index in [0.717, 1.165) is 19.3 Å². The van der Waals surface area contributed by atoms with Gasteiger partial charge in [0.2, 0.25) is 17.7 Å². The molecule has 0 aromatic rings. The van der Waals surface area contributed by atoms with E-state index in [1.807, 2.05) is 20.8 Å². The first-order chi connectivity index (χ1) is 23.0. The highest BCUT2D eigenvalue weighted by molar-refractivity contribution is 5.85. The molecule has 13 heteroatoms. The molecule has 0 radical (unpaired) electrons. The van der Waals surface area contributed by atoms with E-state index in [4.69, 9.17) is 18.9 Å². The second-order valence-electron chi connectivity index (χ2n) is 13.0. The van der Waals surface area contributed by atoms with E-state index < -0.39 is 17.4 Å². The van der Waals surface area contributed by atoms with Crippen molar-refractivity contribution in [1.82, 2.24) is 16.0 Å². The maximum atomic E-state index is 12.2. The quantitative estimate of drug-likeness (QED) is 0.0739. The van der Waals surface area contributed by atoms with Gasteiger partial charge < -0.3 is 40.0 Å². The predicted molar refractivity (Wildman–Crippen MR) is 184 cm³/mol. The molecular formula is C35H65N3O10. The Bertz CT molecular complexity index is 879. The SMILES string of the molecule is CCCCCCCCCCCCCC(=O)NC(CCC(=O)NCCOCCOCC(=O)NCCOCCOCC(=O)C(C)(C)C)C(=O)O. The highest BCUT2D eigenvalue weighted by Crippen LogP contribution is 2.14. The molecule has 0 aliphatic rings. The summed E-state index contributed by atoms with van der Waals surface area (Å²) in [6, 6.07) is -1.11. The number of ketones is 1. The monoisotopic (exact) mass is 687 g/mol. The molecule has 0 aliphatic heterocycles. The molecule has 0 spiro atoms. The van der Waals surface area contributed by atoms with Gasteiger partial charge in [-0.1, -0.05) is 91.9 Å². The van der Waals surface area contributed by atoms with Crippen LogP contribution in [0.4, 0.5) is 0 Å². The number of carboxylic acids is 1. The number of nitrogens with one attached hydrogen (secondary N) is 3. The average Bonchev–Trinajstić information content (AvgIpc) is 3.03. The zero-order chi connectivity index (χ0) is 35.9. The molecule has 0 rings (SSSR count). The van der Waals surface area contributed by atoms with Crippen molar-refractivity contribution in [3.8, 4) is 0 Å². The summed E-state index contributed by atoms with van der Waals surface area (Å²) in [6.45, 7) is 9.80. The number of carbonyl (C=O) groups is 5. The largest absolute Gasteiger partial charge is 0.480 e. The number of rotatable bonds is 33. The minimum atomic E-state index is -1.16. The van der Waals surface area contributed by atoms with Gasteiger partial charge in [-0.25, -0.2) is 4.79 Å². The molecule has 0 heterocycles. The maximum Gasteiger partial charge on any atom is 0.326 e. The topological polar surface area (TPSA) is 179 Å². The minimum Gasteiger partial charge on any atom is -0.480 e. The van der Waals surface area contributed by atoms with E-state index in [2.05, 4.69) is 22.9 Å². The number of ether oxygens (including phenoxy) is 4. The number of hydrogen-bond acceptors (Lipinski definition) is 9. The van der Waals surface area contributed by atoms with Gasteiger partial charge >= 0.3 is 5.97 Å². The minimum absolute atomic E-state index is 0.00227. The van der Waals surface area contributed by atoms with Crippen LogP contribution in [0, 0.1) is 5.41 Å². The Balaban J connectivity index is 3.70. The molecule has 0 aliphatic carbocycles. The van der Waals surface area contributed by atoms with Gasteiger partial charge in [0.1, 0.15) is 19.3 Å². The lowest BCUT2D eigenvalue weighted by molar-refractivity contribution is -0.142. The normalized spacial score (nSPS) is 12.0. The van der Waals surface area contributed by atoms with Gasteiger partial charge in [0.05, 0.1) is 39.6 Å². The van der Waals surface area contributed by atoms with E-state index in [1.165, 1.54) is 51.4 Å². The first kappa shape index (κ1) is 45.4. The standard InChI is InChI=1S/C35H65N3O10/c1-5-6-7-8-9-10-11-12-13-14-15-16-32(41)38-29(34(43)44)17-18-31(40)36-19-21-45-24-26-48-28-33(42)37-20-22-46-23-25-47-27-30(39)35(2,3)4/h29H,5-28H2,1-4H3,(H,36,40)(H,37,42)(H,38,41)(H,43,44).